The van der Waals surface area contributed by atoms with Crippen molar-refractivity contribution in [1.29, 1.82) is 0 Å². The molecule has 2 aromatic carbocycles. The van der Waals surface area contributed by atoms with Gasteiger partial charge in [-0.1, -0.05) is 39.7 Å². The van der Waals surface area contributed by atoms with Crippen LogP contribution in [0.1, 0.15) is 11.1 Å². The fourth-order valence-electron chi connectivity index (χ4n) is 1.93. The van der Waals surface area contributed by atoms with Gasteiger partial charge >= 0.3 is 0 Å². The van der Waals surface area contributed by atoms with Gasteiger partial charge in [-0.05, 0) is 43.4 Å². The average molecular weight is 325 g/mol. The highest BCUT2D eigenvalue weighted by Gasteiger charge is 2.13. The van der Waals surface area contributed by atoms with Gasteiger partial charge < -0.3 is 0 Å². The summed E-state index contributed by atoms with van der Waals surface area (Å²) in [4.78, 5) is 0.924. The normalized spacial score (nSPS) is 10.7. The van der Waals surface area contributed by atoms with Gasteiger partial charge in [0.05, 0.1) is 0 Å². The van der Waals surface area contributed by atoms with E-state index in [2.05, 4.69) is 15.9 Å². The Morgan fingerprint density at radius 1 is 1.11 bits per heavy atom. The molecule has 0 unspecified atom stereocenters. The number of hydrogen-bond donors (Lipinski definition) is 0. The molecular formula is C15H14BrFS. The highest BCUT2D eigenvalue weighted by atomic mass is 79.9. The van der Waals surface area contributed by atoms with E-state index < -0.39 is 0 Å². The SMILES string of the molecule is CSc1cc(F)c(-c2cc(C)ccc2C)c(Br)c1. The van der Waals surface area contributed by atoms with Crippen molar-refractivity contribution >= 4 is 27.7 Å². The van der Waals surface area contributed by atoms with E-state index in [9.17, 15) is 4.39 Å². The molecular weight excluding hydrogens is 311 g/mol. The van der Waals surface area contributed by atoms with Crippen LogP contribution >= 0.6 is 27.7 Å². The summed E-state index contributed by atoms with van der Waals surface area (Å²) < 4.78 is 15.1. The second-order valence-corrected chi connectivity index (χ2v) is 6.02. The first-order valence-electron chi connectivity index (χ1n) is 5.63. The molecule has 2 rings (SSSR count). The van der Waals surface area contributed by atoms with Crippen LogP contribution in [0.25, 0.3) is 11.1 Å². The molecule has 0 fully saturated rings. The molecule has 0 spiro atoms. The third-order valence-corrected chi connectivity index (χ3v) is 4.25. The van der Waals surface area contributed by atoms with Crippen molar-refractivity contribution in [2.24, 2.45) is 0 Å². The molecule has 0 aliphatic carbocycles. The van der Waals surface area contributed by atoms with E-state index in [-0.39, 0.29) is 5.82 Å². The first-order valence-corrected chi connectivity index (χ1v) is 7.65. The van der Waals surface area contributed by atoms with Gasteiger partial charge in [-0.3, -0.25) is 0 Å². The smallest absolute Gasteiger partial charge is 0.133 e. The highest BCUT2D eigenvalue weighted by molar-refractivity contribution is 9.10. The number of rotatable bonds is 2. The van der Waals surface area contributed by atoms with Gasteiger partial charge in [-0.25, -0.2) is 4.39 Å². The summed E-state index contributed by atoms with van der Waals surface area (Å²) >= 11 is 5.02. The predicted octanol–water partition coefficient (Wildman–Crippen LogP) is 5.59. The molecule has 0 aliphatic rings. The van der Waals surface area contributed by atoms with Crippen molar-refractivity contribution in [2.75, 3.05) is 6.26 Å². The van der Waals surface area contributed by atoms with Crippen LogP contribution in [0.5, 0.6) is 0 Å². The van der Waals surface area contributed by atoms with Gasteiger partial charge in [0.25, 0.3) is 0 Å². The largest absolute Gasteiger partial charge is 0.206 e. The fraction of sp³-hybridized carbons (Fsp3) is 0.200. The molecule has 94 valence electrons. The summed E-state index contributed by atoms with van der Waals surface area (Å²) in [7, 11) is 0. The number of halogens is 2. The maximum atomic E-state index is 14.3. The number of aryl methyl sites for hydroxylation is 2. The molecule has 0 aliphatic heterocycles. The molecule has 0 nitrogen and oxygen atoms in total. The molecule has 0 bridgehead atoms. The maximum Gasteiger partial charge on any atom is 0.133 e. The summed E-state index contributed by atoms with van der Waals surface area (Å²) in [5, 5.41) is 0. The monoisotopic (exact) mass is 324 g/mol. The van der Waals surface area contributed by atoms with Crippen LogP contribution < -0.4 is 0 Å². The van der Waals surface area contributed by atoms with Crippen molar-refractivity contribution < 1.29 is 4.39 Å². The van der Waals surface area contributed by atoms with Crippen LogP contribution in [0, 0.1) is 19.7 Å². The van der Waals surface area contributed by atoms with Crippen LogP contribution in [0.4, 0.5) is 4.39 Å². The van der Waals surface area contributed by atoms with Gasteiger partial charge in [-0.15, -0.1) is 11.8 Å². The molecule has 0 amide bonds. The Balaban J connectivity index is 2.67. The second-order valence-electron chi connectivity index (χ2n) is 4.28. The quantitative estimate of drug-likeness (QED) is 0.648. The number of thioether (sulfide) groups is 1. The van der Waals surface area contributed by atoms with Crippen molar-refractivity contribution in [3.8, 4) is 11.1 Å². The third kappa shape index (κ3) is 2.62. The van der Waals surface area contributed by atoms with E-state index in [1.165, 1.54) is 11.8 Å². The van der Waals surface area contributed by atoms with E-state index in [1.54, 1.807) is 6.07 Å². The van der Waals surface area contributed by atoms with E-state index in [0.29, 0.717) is 5.56 Å². The maximum absolute atomic E-state index is 14.3. The minimum Gasteiger partial charge on any atom is -0.206 e. The number of benzene rings is 2. The lowest BCUT2D eigenvalue weighted by atomic mass is 9.98. The van der Waals surface area contributed by atoms with E-state index in [4.69, 9.17) is 0 Å². The number of hydrogen-bond acceptors (Lipinski definition) is 1. The zero-order chi connectivity index (χ0) is 13.3. The van der Waals surface area contributed by atoms with Crippen molar-refractivity contribution in [3.63, 3.8) is 0 Å². The lowest BCUT2D eigenvalue weighted by Gasteiger charge is -2.12. The van der Waals surface area contributed by atoms with Crippen molar-refractivity contribution in [1.82, 2.24) is 0 Å². The van der Waals surface area contributed by atoms with E-state index in [1.807, 2.05) is 44.4 Å². The van der Waals surface area contributed by atoms with Crippen LogP contribution in [-0.4, -0.2) is 6.26 Å². The zero-order valence-electron chi connectivity index (χ0n) is 10.6. The van der Waals surface area contributed by atoms with Crippen molar-refractivity contribution in [2.45, 2.75) is 18.7 Å². The Hall–Kier alpha value is -0.800. The molecule has 0 saturated carbocycles. The topological polar surface area (TPSA) is 0 Å². The molecule has 2 aromatic rings. The van der Waals surface area contributed by atoms with Crippen LogP contribution in [0.2, 0.25) is 0 Å². The summed E-state index contributed by atoms with van der Waals surface area (Å²) in [6.07, 6.45) is 1.94. The Kier molecular flexibility index (Phi) is 4.13. The molecule has 0 heterocycles. The third-order valence-electron chi connectivity index (χ3n) is 2.91. The Bertz CT molecular complexity index is 570. The minimum absolute atomic E-state index is 0.178. The Labute approximate surface area is 120 Å². The zero-order valence-corrected chi connectivity index (χ0v) is 13.0. The van der Waals surface area contributed by atoms with E-state index >= 15 is 0 Å². The Morgan fingerprint density at radius 2 is 1.83 bits per heavy atom. The lowest BCUT2D eigenvalue weighted by Crippen LogP contribution is -1.91. The van der Waals surface area contributed by atoms with Gasteiger partial charge in [0.2, 0.25) is 0 Å². The van der Waals surface area contributed by atoms with Crippen LogP contribution in [0.3, 0.4) is 0 Å². The van der Waals surface area contributed by atoms with Crippen molar-refractivity contribution in [3.05, 3.63) is 51.7 Å². The molecule has 0 radical (unpaired) electrons. The molecule has 0 saturated heterocycles. The molecule has 0 aromatic heterocycles. The van der Waals surface area contributed by atoms with E-state index in [0.717, 1.165) is 26.1 Å². The minimum atomic E-state index is -0.178. The lowest BCUT2D eigenvalue weighted by molar-refractivity contribution is 0.627. The van der Waals surface area contributed by atoms with Gasteiger partial charge in [0.1, 0.15) is 5.82 Å². The summed E-state index contributed by atoms with van der Waals surface area (Å²) in [5.41, 5.74) is 3.81. The van der Waals surface area contributed by atoms with Crippen LogP contribution in [-0.2, 0) is 0 Å². The highest BCUT2D eigenvalue weighted by Crippen LogP contribution is 2.36. The summed E-state index contributed by atoms with van der Waals surface area (Å²) in [5.74, 6) is -0.178. The van der Waals surface area contributed by atoms with Crippen LogP contribution in [0.15, 0.2) is 39.7 Å². The predicted molar refractivity (Wildman–Crippen MR) is 80.8 cm³/mol. The first-order chi connectivity index (χ1) is 8.52. The molecule has 0 atom stereocenters. The van der Waals surface area contributed by atoms with Gasteiger partial charge in [-0.2, -0.15) is 0 Å². The second kappa shape index (κ2) is 5.45. The molecule has 0 N–H and O–H groups in total. The fourth-order valence-corrected chi connectivity index (χ4v) is 3.19. The standard InChI is InChI=1S/C15H14BrFS/c1-9-4-5-10(2)12(6-9)15-13(16)7-11(18-3)8-14(15)17/h4-8H,1-3H3. The van der Waals surface area contributed by atoms with Gasteiger partial charge in [0, 0.05) is 14.9 Å². The average Bonchev–Trinajstić information content (AvgIpc) is 2.32. The first kappa shape index (κ1) is 13.6. The molecule has 18 heavy (non-hydrogen) atoms. The Morgan fingerprint density at radius 3 is 2.44 bits per heavy atom. The van der Waals surface area contributed by atoms with Gasteiger partial charge in [0.15, 0.2) is 0 Å². The summed E-state index contributed by atoms with van der Waals surface area (Å²) in [6, 6.07) is 9.65. The summed E-state index contributed by atoms with van der Waals surface area (Å²) in [6.45, 7) is 4.02. The molecule has 3 heteroatoms.